The summed E-state index contributed by atoms with van der Waals surface area (Å²) >= 11 is 3.49. The highest BCUT2D eigenvalue weighted by Crippen LogP contribution is 2.40. The van der Waals surface area contributed by atoms with Crippen LogP contribution >= 0.6 is 15.9 Å². The molecular formula is C28H28BrF2N3O3S. The van der Waals surface area contributed by atoms with Gasteiger partial charge in [0, 0.05) is 42.4 Å². The second-order valence-corrected chi connectivity index (χ2v) is 12.7. The normalized spacial score (nSPS) is 19.9. The number of carbonyl (C=O) groups excluding carboxylic acids is 1. The number of benzene rings is 3. The maximum atomic E-state index is 14.1. The third kappa shape index (κ3) is 5.21. The molecule has 3 aromatic rings. The molecule has 1 N–H and O–H groups in total. The van der Waals surface area contributed by atoms with E-state index in [9.17, 15) is 22.0 Å². The first kappa shape index (κ1) is 26.8. The quantitative estimate of drug-likeness (QED) is 0.422. The first-order valence-corrected chi connectivity index (χ1v) is 14.7. The molecule has 2 heterocycles. The van der Waals surface area contributed by atoms with Gasteiger partial charge in [-0.15, -0.1) is 0 Å². The lowest BCUT2D eigenvalue weighted by Gasteiger charge is -2.42. The van der Waals surface area contributed by atoms with E-state index in [1.165, 1.54) is 4.31 Å². The number of likely N-dealkylation sites (tertiary alicyclic amines) is 1. The van der Waals surface area contributed by atoms with Crippen molar-refractivity contribution in [2.45, 2.75) is 35.6 Å². The standard InChI is InChI=1S/C28H28BrF2N3O3S/c29-21-7-4-8-22(17-21)32-23-11-14-33(19-23)27(35)28(20-5-2-1-3-6-20)12-15-34(16-13-28)38(36,37)24-9-10-25(30)26(31)18-24/h1-10,17-18,23,32H,11-16,19H2. The van der Waals surface area contributed by atoms with Crippen molar-refractivity contribution in [1.82, 2.24) is 9.21 Å². The fourth-order valence-electron chi connectivity index (χ4n) is 5.46. The number of rotatable bonds is 6. The zero-order valence-corrected chi connectivity index (χ0v) is 23.0. The van der Waals surface area contributed by atoms with Crippen LogP contribution in [0.25, 0.3) is 0 Å². The van der Waals surface area contributed by atoms with Crippen LogP contribution in [0.15, 0.2) is 82.2 Å². The van der Waals surface area contributed by atoms with Crippen molar-refractivity contribution in [3.05, 3.63) is 94.5 Å². The van der Waals surface area contributed by atoms with Crippen molar-refractivity contribution < 1.29 is 22.0 Å². The van der Waals surface area contributed by atoms with Gasteiger partial charge in [-0.2, -0.15) is 4.31 Å². The number of sulfonamides is 1. The Morgan fingerprint density at radius 2 is 1.66 bits per heavy atom. The monoisotopic (exact) mass is 603 g/mol. The van der Waals surface area contributed by atoms with E-state index >= 15 is 0 Å². The van der Waals surface area contributed by atoms with Gasteiger partial charge in [-0.1, -0.05) is 52.3 Å². The number of nitrogens with zero attached hydrogens (tertiary/aromatic N) is 2. The molecule has 0 spiro atoms. The van der Waals surface area contributed by atoms with Gasteiger partial charge in [-0.05, 0) is 61.2 Å². The van der Waals surface area contributed by atoms with Crippen molar-refractivity contribution in [1.29, 1.82) is 0 Å². The Kier molecular flexibility index (Phi) is 7.57. The van der Waals surface area contributed by atoms with E-state index in [0.29, 0.717) is 32.0 Å². The summed E-state index contributed by atoms with van der Waals surface area (Å²) in [4.78, 5) is 15.7. The van der Waals surface area contributed by atoms with Crippen LogP contribution < -0.4 is 5.32 Å². The predicted octanol–water partition coefficient (Wildman–Crippen LogP) is 5.16. The van der Waals surface area contributed by atoms with Crippen LogP contribution in [-0.4, -0.2) is 55.8 Å². The van der Waals surface area contributed by atoms with Crippen molar-refractivity contribution in [3.8, 4) is 0 Å². The fourth-order valence-corrected chi connectivity index (χ4v) is 7.31. The summed E-state index contributed by atoms with van der Waals surface area (Å²) in [7, 11) is -4.04. The Morgan fingerprint density at radius 1 is 0.921 bits per heavy atom. The second kappa shape index (κ2) is 10.7. The fraction of sp³-hybridized carbons (Fsp3) is 0.321. The minimum Gasteiger partial charge on any atom is -0.380 e. The van der Waals surface area contributed by atoms with Gasteiger partial charge >= 0.3 is 0 Å². The lowest BCUT2D eigenvalue weighted by molar-refractivity contribution is -0.138. The zero-order chi connectivity index (χ0) is 26.9. The van der Waals surface area contributed by atoms with Gasteiger partial charge in [0.05, 0.1) is 10.3 Å². The van der Waals surface area contributed by atoms with Gasteiger partial charge in [0.15, 0.2) is 11.6 Å². The number of hydrogen-bond donors (Lipinski definition) is 1. The first-order valence-electron chi connectivity index (χ1n) is 12.5. The molecule has 1 amide bonds. The van der Waals surface area contributed by atoms with Gasteiger partial charge < -0.3 is 10.2 Å². The average molecular weight is 605 g/mol. The highest BCUT2D eigenvalue weighted by molar-refractivity contribution is 9.10. The smallest absolute Gasteiger partial charge is 0.243 e. The maximum absolute atomic E-state index is 14.1. The molecule has 2 saturated heterocycles. The molecule has 0 aliphatic carbocycles. The topological polar surface area (TPSA) is 69.7 Å². The van der Waals surface area contributed by atoms with E-state index in [4.69, 9.17) is 0 Å². The Labute approximate surface area is 229 Å². The lowest BCUT2D eigenvalue weighted by atomic mass is 9.72. The predicted molar refractivity (Wildman–Crippen MR) is 145 cm³/mol. The molecule has 0 aromatic heterocycles. The Morgan fingerprint density at radius 3 is 2.34 bits per heavy atom. The third-order valence-electron chi connectivity index (χ3n) is 7.51. The van der Waals surface area contributed by atoms with Gasteiger partial charge in [-0.25, -0.2) is 17.2 Å². The summed E-state index contributed by atoms with van der Waals surface area (Å²) in [5.74, 6) is -2.32. The van der Waals surface area contributed by atoms with Gasteiger partial charge in [0.1, 0.15) is 0 Å². The number of nitrogens with one attached hydrogen (secondary N) is 1. The molecule has 2 aliphatic rings. The molecule has 10 heteroatoms. The Balaban J connectivity index is 1.35. The number of anilines is 1. The molecule has 38 heavy (non-hydrogen) atoms. The van der Waals surface area contributed by atoms with Gasteiger partial charge in [0.25, 0.3) is 0 Å². The van der Waals surface area contributed by atoms with Crippen LogP contribution in [0.3, 0.4) is 0 Å². The van der Waals surface area contributed by atoms with E-state index in [-0.39, 0.29) is 29.9 Å². The molecule has 0 saturated carbocycles. The van der Waals surface area contributed by atoms with E-state index in [0.717, 1.165) is 34.3 Å². The Hall–Kier alpha value is -2.82. The molecule has 3 aromatic carbocycles. The SMILES string of the molecule is O=C(N1CCC(Nc2cccc(Br)c2)C1)C1(c2ccccc2)CCN(S(=O)(=O)c2ccc(F)c(F)c2)CC1. The second-order valence-electron chi connectivity index (χ2n) is 9.82. The number of amides is 1. The summed E-state index contributed by atoms with van der Waals surface area (Å²) in [5.41, 5.74) is 0.969. The van der Waals surface area contributed by atoms with Gasteiger partial charge in [-0.3, -0.25) is 4.79 Å². The van der Waals surface area contributed by atoms with Crippen LogP contribution in [0.4, 0.5) is 14.5 Å². The maximum Gasteiger partial charge on any atom is 0.243 e. The molecule has 0 bridgehead atoms. The molecule has 5 rings (SSSR count). The van der Waals surface area contributed by atoms with E-state index in [1.807, 2.05) is 59.5 Å². The third-order valence-corrected chi connectivity index (χ3v) is 9.90. The number of halogens is 3. The zero-order valence-electron chi connectivity index (χ0n) is 20.6. The molecule has 1 unspecified atom stereocenters. The van der Waals surface area contributed by atoms with E-state index in [1.54, 1.807) is 0 Å². The summed E-state index contributed by atoms with van der Waals surface area (Å²) < 4.78 is 55.8. The number of hydrogen-bond acceptors (Lipinski definition) is 4. The molecule has 6 nitrogen and oxygen atoms in total. The van der Waals surface area contributed by atoms with E-state index < -0.39 is 27.1 Å². The first-order chi connectivity index (χ1) is 18.2. The van der Waals surface area contributed by atoms with Crippen molar-refractivity contribution in [2.75, 3.05) is 31.5 Å². The van der Waals surface area contributed by atoms with Crippen molar-refractivity contribution in [2.24, 2.45) is 0 Å². The Bertz CT molecular complexity index is 1430. The minimum atomic E-state index is -4.04. The van der Waals surface area contributed by atoms with Crippen LogP contribution in [0, 0.1) is 11.6 Å². The van der Waals surface area contributed by atoms with Crippen LogP contribution in [0.2, 0.25) is 0 Å². The number of piperidine rings is 1. The summed E-state index contributed by atoms with van der Waals surface area (Å²) in [5, 5.41) is 3.51. The number of carbonyl (C=O) groups is 1. The largest absolute Gasteiger partial charge is 0.380 e. The highest BCUT2D eigenvalue weighted by Gasteiger charge is 2.48. The van der Waals surface area contributed by atoms with Crippen molar-refractivity contribution >= 4 is 37.5 Å². The molecular weight excluding hydrogens is 576 g/mol. The van der Waals surface area contributed by atoms with Crippen LogP contribution in [0.1, 0.15) is 24.8 Å². The molecule has 2 fully saturated rings. The molecule has 200 valence electrons. The molecule has 1 atom stereocenters. The minimum absolute atomic E-state index is 0.00730. The molecule has 0 radical (unpaired) electrons. The highest BCUT2D eigenvalue weighted by atomic mass is 79.9. The lowest BCUT2D eigenvalue weighted by Crippen LogP contribution is -2.53. The summed E-state index contributed by atoms with van der Waals surface area (Å²) in [6.45, 7) is 1.35. The average Bonchev–Trinajstić information content (AvgIpc) is 3.38. The van der Waals surface area contributed by atoms with Crippen LogP contribution in [-0.2, 0) is 20.2 Å². The van der Waals surface area contributed by atoms with Crippen LogP contribution in [0.5, 0.6) is 0 Å². The summed E-state index contributed by atoms with van der Waals surface area (Å²) in [6, 6.07) is 20.1. The van der Waals surface area contributed by atoms with Gasteiger partial charge in [0.2, 0.25) is 15.9 Å². The summed E-state index contributed by atoms with van der Waals surface area (Å²) in [6.07, 6.45) is 1.39. The molecule has 2 aliphatic heterocycles. The van der Waals surface area contributed by atoms with E-state index in [2.05, 4.69) is 21.2 Å². The van der Waals surface area contributed by atoms with Crippen molar-refractivity contribution in [3.63, 3.8) is 0 Å².